The number of hydrogen-bond acceptors (Lipinski definition) is 6. The molecule has 0 unspecified atom stereocenters. The summed E-state index contributed by atoms with van der Waals surface area (Å²) in [6.07, 6.45) is -1.86. The molecule has 0 saturated carbocycles. The number of nitrogens with one attached hydrogen (secondary N) is 1. The summed E-state index contributed by atoms with van der Waals surface area (Å²) in [6, 6.07) is 10.2. The summed E-state index contributed by atoms with van der Waals surface area (Å²) in [5, 5.41) is 2.64. The minimum Gasteiger partial charge on any atom is -0.436 e. The second kappa shape index (κ2) is 12.9. The summed E-state index contributed by atoms with van der Waals surface area (Å²) in [4.78, 5) is 45.6. The zero-order valence-electron chi connectivity index (χ0n) is 25.6. The van der Waals surface area contributed by atoms with E-state index in [-0.39, 0.29) is 22.9 Å². The van der Waals surface area contributed by atoms with E-state index in [2.05, 4.69) is 10.2 Å². The van der Waals surface area contributed by atoms with E-state index in [0.29, 0.717) is 51.5 Å². The molecule has 0 radical (unpaired) electrons. The van der Waals surface area contributed by atoms with Gasteiger partial charge in [0.25, 0.3) is 5.91 Å². The number of nitrogens with two attached hydrogens (primary N) is 1. The van der Waals surface area contributed by atoms with Crippen LogP contribution in [0.25, 0.3) is 0 Å². The third-order valence-electron chi connectivity index (χ3n) is 10.1. The van der Waals surface area contributed by atoms with Crippen molar-refractivity contribution in [3.63, 3.8) is 0 Å². The standard InChI is InChI=1S/C33H39ClF3N5O4/c34-25-18-21(17-24(29(25)38)33(35,36)37)19-27(30(44)41-13-7-22(8-14-41)40-11-3-4-12-40)46-31(45)42-15-9-32(10-16-42)20-28(43)39-26-6-2-1-5-23(26)32/h1-2,5-6,17-18,22,27H,3-4,7-16,19-20,38H2,(H,39,43)/t27-/m1/s1. The number of carbonyl (C=O) groups excluding carboxylic acids is 3. The number of hydrogen-bond donors (Lipinski definition) is 2. The maximum absolute atomic E-state index is 13.9. The Bertz CT molecular complexity index is 1480. The van der Waals surface area contributed by atoms with Crippen LogP contribution in [-0.4, -0.2) is 84.0 Å². The van der Waals surface area contributed by atoms with Crippen molar-refractivity contribution in [2.75, 3.05) is 50.3 Å². The second-order valence-corrected chi connectivity index (χ2v) is 13.4. The van der Waals surface area contributed by atoms with Gasteiger partial charge >= 0.3 is 12.3 Å². The molecule has 0 bridgehead atoms. The Kier molecular flexibility index (Phi) is 9.13. The second-order valence-electron chi connectivity index (χ2n) is 13.0. The van der Waals surface area contributed by atoms with Crippen LogP contribution in [0.5, 0.6) is 0 Å². The average Bonchev–Trinajstić information content (AvgIpc) is 3.57. The first-order chi connectivity index (χ1) is 21.9. The zero-order valence-corrected chi connectivity index (χ0v) is 26.3. The van der Waals surface area contributed by atoms with Gasteiger partial charge in [-0.1, -0.05) is 29.8 Å². The number of alkyl halides is 3. The number of amides is 3. The topological polar surface area (TPSA) is 108 Å². The van der Waals surface area contributed by atoms with Crippen LogP contribution in [-0.2, 0) is 32.3 Å². The van der Waals surface area contributed by atoms with E-state index in [9.17, 15) is 27.6 Å². The number of ether oxygens (including phenoxy) is 1. The van der Waals surface area contributed by atoms with E-state index in [1.165, 1.54) is 23.8 Å². The van der Waals surface area contributed by atoms with Crippen LogP contribution in [0.1, 0.15) is 61.6 Å². The highest BCUT2D eigenvalue weighted by molar-refractivity contribution is 6.33. The van der Waals surface area contributed by atoms with Crippen molar-refractivity contribution in [2.45, 2.75) is 75.1 Å². The van der Waals surface area contributed by atoms with Crippen LogP contribution in [0, 0.1) is 0 Å². The number of piperidine rings is 2. The van der Waals surface area contributed by atoms with E-state index >= 15 is 0 Å². The van der Waals surface area contributed by atoms with Gasteiger partial charge in [-0.25, -0.2) is 4.79 Å². The molecular weight excluding hydrogens is 623 g/mol. The Labute approximate surface area is 271 Å². The predicted octanol–water partition coefficient (Wildman–Crippen LogP) is 5.45. The third kappa shape index (κ3) is 6.64. The average molecular weight is 662 g/mol. The van der Waals surface area contributed by atoms with Crippen molar-refractivity contribution in [1.82, 2.24) is 14.7 Å². The minimum atomic E-state index is -4.75. The molecule has 3 amide bonds. The number of carbonyl (C=O) groups is 3. The van der Waals surface area contributed by atoms with Gasteiger partial charge in [0.05, 0.1) is 16.3 Å². The van der Waals surface area contributed by atoms with Crippen molar-refractivity contribution in [2.24, 2.45) is 0 Å². The Hall–Kier alpha value is -3.51. The Morgan fingerprint density at radius 3 is 2.37 bits per heavy atom. The molecular formula is C33H39ClF3N5O4. The van der Waals surface area contributed by atoms with Gasteiger partial charge in [0.15, 0.2) is 6.10 Å². The normalized spacial score (nSPS) is 21.2. The van der Waals surface area contributed by atoms with Crippen molar-refractivity contribution in [3.8, 4) is 0 Å². The highest BCUT2D eigenvalue weighted by Gasteiger charge is 2.44. The predicted molar refractivity (Wildman–Crippen MR) is 167 cm³/mol. The fourth-order valence-corrected chi connectivity index (χ4v) is 7.83. The molecule has 6 rings (SSSR count). The molecule has 3 fully saturated rings. The first-order valence-electron chi connectivity index (χ1n) is 16.0. The minimum absolute atomic E-state index is 0.0747. The van der Waals surface area contributed by atoms with E-state index in [1.54, 1.807) is 4.90 Å². The summed E-state index contributed by atoms with van der Waals surface area (Å²) in [5.41, 5.74) is 5.42. The Morgan fingerprint density at radius 1 is 1.02 bits per heavy atom. The molecule has 3 saturated heterocycles. The highest BCUT2D eigenvalue weighted by Crippen LogP contribution is 2.45. The third-order valence-corrected chi connectivity index (χ3v) is 10.4. The summed E-state index contributed by atoms with van der Waals surface area (Å²) >= 11 is 6.09. The van der Waals surface area contributed by atoms with Gasteiger partial charge < -0.3 is 30.5 Å². The lowest BCUT2D eigenvalue weighted by atomic mass is 9.68. The monoisotopic (exact) mass is 661 g/mol. The molecule has 2 aromatic rings. The van der Waals surface area contributed by atoms with Crippen molar-refractivity contribution in [1.29, 1.82) is 0 Å². The Balaban J connectivity index is 1.18. The molecule has 46 heavy (non-hydrogen) atoms. The molecule has 0 aromatic heterocycles. The van der Waals surface area contributed by atoms with E-state index in [1.807, 2.05) is 24.3 Å². The molecule has 0 aliphatic carbocycles. The van der Waals surface area contributed by atoms with Crippen LogP contribution in [0.15, 0.2) is 36.4 Å². The van der Waals surface area contributed by atoms with Crippen molar-refractivity contribution >= 4 is 40.9 Å². The molecule has 4 heterocycles. The highest BCUT2D eigenvalue weighted by atomic mass is 35.5. The fourth-order valence-electron chi connectivity index (χ4n) is 7.59. The largest absolute Gasteiger partial charge is 0.436 e. The van der Waals surface area contributed by atoms with Gasteiger partial charge in [-0.15, -0.1) is 0 Å². The van der Waals surface area contributed by atoms with Gasteiger partial charge in [0.2, 0.25) is 5.91 Å². The lowest BCUT2D eigenvalue weighted by Gasteiger charge is -2.44. The van der Waals surface area contributed by atoms with Gasteiger partial charge in [-0.3, -0.25) is 9.59 Å². The van der Waals surface area contributed by atoms with E-state index in [0.717, 1.165) is 43.2 Å². The molecule has 4 aliphatic heterocycles. The van der Waals surface area contributed by atoms with Gasteiger partial charge in [-0.2, -0.15) is 13.2 Å². The number of benzene rings is 2. The van der Waals surface area contributed by atoms with E-state index < -0.39 is 40.9 Å². The van der Waals surface area contributed by atoms with Gasteiger partial charge in [-0.05, 0) is 80.9 Å². The quantitative estimate of drug-likeness (QED) is 0.413. The molecule has 9 nitrogen and oxygen atoms in total. The van der Waals surface area contributed by atoms with Crippen LogP contribution in [0.3, 0.4) is 0 Å². The number of anilines is 2. The van der Waals surface area contributed by atoms with Crippen LogP contribution in [0.4, 0.5) is 29.3 Å². The smallest absolute Gasteiger partial charge is 0.418 e. The maximum Gasteiger partial charge on any atom is 0.418 e. The lowest BCUT2D eigenvalue weighted by molar-refractivity contribution is -0.142. The number of likely N-dealkylation sites (tertiary alicyclic amines) is 3. The number of nitrogens with zero attached hydrogens (tertiary/aromatic N) is 3. The SMILES string of the molecule is Nc1c(Cl)cc(C[C@@H](OC(=O)N2CCC3(CC2)CC(=O)Nc2ccccc23)C(=O)N2CCC(N3CCCC3)CC2)cc1C(F)(F)F. The number of para-hydroxylation sites is 1. The van der Waals surface area contributed by atoms with Gasteiger partial charge in [0.1, 0.15) is 0 Å². The summed E-state index contributed by atoms with van der Waals surface area (Å²) < 4.78 is 47.1. The molecule has 1 spiro atoms. The van der Waals surface area contributed by atoms with Crippen molar-refractivity contribution < 1.29 is 32.3 Å². The fraction of sp³-hybridized carbons (Fsp3) is 0.545. The number of rotatable bonds is 5. The van der Waals surface area contributed by atoms with Crippen LogP contribution >= 0.6 is 11.6 Å². The molecule has 1 atom stereocenters. The first kappa shape index (κ1) is 32.4. The number of nitrogen functional groups attached to an aromatic ring is 1. The first-order valence-corrected chi connectivity index (χ1v) is 16.3. The van der Waals surface area contributed by atoms with Crippen molar-refractivity contribution in [3.05, 3.63) is 58.1 Å². The van der Waals surface area contributed by atoms with Gasteiger partial charge in [0, 0.05) is 56.2 Å². The Morgan fingerprint density at radius 2 is 1.70 bits per heavy atom. The molecule has 13 heteroatoms. The molecule has 4 aliphatic rings. The summed E-state index contributed by atoms with van der Waals surface area (Å²) in [7, 11) is 0. The summed E-state index contributed by atoms with van der Waals surface area (Å²) in [6.45, 7) is 3.64. The zero-order chi connectivity index (χ0) is 32.6. The van der Waals surface area contributed by atoms with Crippen LogP contribution < -0.4 is 11.1 Å². The van der Waals surface area contributed by atoms with E-state index in [4.69, 9.17) is 22.1 Å². The van der Waals surface area contributed by atoms with Crippen LogP contribution in [0.2, 0.25) is 5.02 Å². The lowest BCUT2D eigenvalue weighted by Crippen LogP contribution is -2.52. The molecule has 248 valence electrons. The number of fused-ring (bicyclic) bond motifs is 2. The molecule has 3 N–H and O–H groups in total. The molecule has 2 aromatic carbocycles. The summed E-state index contributed by atoms with van der Waals surface area (Å²) in [5.74, 6) is -0.518. The maximum atomic E-state index is 13.9. The number of halogens is 4.